The number of benzene rings is 2. The number of carbonyl (C=O) groups excluding carboxylic acids is 2. The van der Waals surface area contributed by atoms with Gasteiger partial charge in [0.15, 0.2) is 17.3 Å². The van der Waals surface area contributed by atoms with Crippen LogP contribution in [-0.2, 0) is 35.1 Å². The number of rotatable bonds is 9. The third-order valence-corrected chi connectivity index (χ3v) is 10.1. The number of anilines is 2. The van der Waals surface area contributed by atoms with Gasteiger partial charge in [-0.15, -0.1) is 5.10 Å². The lowest BCUT2D eigenvalue weighted by molar-refractivity contribution is -0.164. The molecule has 3 aromatic heterocycles. The highest BCUT2D eigenvalue weighted by Gasteiger charge is 2.33. The molecule has 1 atom stereocenters. The second-order valence-electron chi connectivity index (χ2n) is 13.2. The molecule has 2 aliphatic rings. The van der Waals surface area contributed by atoms with Crippen molar-refractivity contribution in [2.75, 3.05) is 36.4 Å². The minimum atomic E-state index is -4.65. The molecule has 14 nitrogen and oxygen atoms in total. The van der Waals surface area contributed by atoms with Gasteiger partial charge in [-0.25, -0.2) is 9.97 Å². The fourth-order valence-corrected chi connectivity index (χ4v) is 7.29. The number of alkyl halides is 5. The minimum Gasteiger partial charge on any atom is -0.504 e. The zero-order valence-electron chi connectivity index (χ0n) is 29.8. The van der Waals surface area contributed by atoms with Crippen molar-refractivity contribution in [3.63, 3.8) is 0 Å². The molecule has 1 saturated heterocycles. The number of aromatic hydroxyl groups is 1. The van der Waals surface area contributed by atoms with Gasteiger partial charge in [0.05, 0.1) is 33.8 Å². The summed E-state index contributed by atoms with van der Waals surface area (Å²) in [4.78, 5) is 57.0. The van der Waals surface area contributed by atoms with Crippen molar-refractivity contribution in [1.82, 2.24) is 34.0 Å². The van der Waals surface area contributed by atoms with Gasteiger partial charge in [-0.3, -0.25) is 14.4 Å². The molecule has 0 spiro atoms. The summed E-state index contributed by atoms with van der Waals surface area (Å²) in [5, 5.41) is 17.1. The highest BCUT2D eigenvalue weighted by atomic mass is 35.5. The van der Waals surface area contributed by atoms with Crippen molar-refractivity contribution in [3.8, 4) is 17.1 Å². The van der Waals surface area contributed by atoms with E-state index in [4.69, 9.17) is 16.3 Å². The number of ether oxygens (including phenoxy) is 1. The number of nitrogens with zero attached hydrogens (tertiary/aromatic N) is 8. The summed E-state index contributed by atoms with van der Waals surface area (Å²) in [5.74, 6) is -1.44. The highest BCUT2D eigenvalue weighted by Crippen LogP contribution is 2.38. The Labute approximate surface area is 319 Å². The zero-order valence-corrected chi connectivity index (χ0v) is 30.5. The number of aromatic nitrogens is 6. The number of carbonyl (C=O) groups is 2. The lowest BCUT2D eigenvalue weighted by Gasteiger charge is -2.36. The molecule has 1 aliphatic carbocycles. The molecular formula is C36H33ClF5N9O5. The number of hydrogen-bond donors (Lipinski definition) is 2. The summed E-state index contributed by atoms with van der Waals surface area (Å²) in [6.45, 7) is 0.538. The first-order chi connectivity index (χ1) is 26.6. The van der Waals surface area contributed by atoms with E-state index in [0.717, 1.165) is 22.2 Å². The summed E-state index contributed by atoms with van der Waals surface area (Å²) in [7, 11) is 0. The quantitative estimate of drug-likeness (QED) is 0.184. The van der Waals surface area contributed by atoms with E-state index >= 15 is 0 Å². The molecule has 5 aromatic rings. The number of aryl methyl sites for hydroxylation is 2. The van der Waals surface area contributed by atoms with Gasteiger partial charge in [-0.05, 0) is 61.6 Å². The van der Waals surface area contributed by atoms with Gasteiger partial charge in [0.1, 0.15) is 18.6 Å². The van der Waals surface area contributed by atoms with E-state index in [0.29, 0.717) is 35.7 Å². The number of fused-ring (bicyclic) bond motifs is 2. The van der Waals surface area contributed by atoms with Crippen LogP contribution in [-0.4, -0.2) is 83.7 Å². The number of amides is 2. The van der Waals surface area contributed by atoms with Gasteiger partial charge in [0.2, 0.25) is 11.7 Å². The molecule has 2 amide bonds. The Kier molecular flexibility index (Phi) is 10.4. The summed E-state index contributed by atoms with van der Waals surface area (Å²) in [6.07, 6.45) is -3.22. The first kappa shape index (κ1) is 38.6. The smallest absolute Gasteiger partial charge is 0.416 e. The molecule has 7 rings (SSSR count). The number of nitrogens with one attached hydrogen (secondary N) is 1. The fraction of sp³-hybridized carbons (Fsp3) is 0.361. The molecule has 0 saturated carbocycles. The van der Waals surface area contributed by atoms with Crippen LogP contribution in [0.1, 0.15) is 58.0 Å². The molecule has 1 aliphatic heterocycles. The molecule has 294 valence electrons. The number of hydrogen-bond acceptors (Lipinski definition) is 10. The van der Waals surface area contributed by atoms with Gasteiger partial charge < -0.3 is 29.5 Å². The Morgan fingerprint density at radius 2 is 1.84 bits per heavy atom. The van der Waals surface area contributed by atoms with E-state index in [1.807, 2.05) is 0 Å². The summed E-state index contributed by atoms with van der Waals surface area (Å²) in [5.41, 5.74) is 0.876. The Bertz CT molecular complexity index is 2410. The first-order valence-corrected chi connectivity index (χ1v) is 17.8. The summed E-state index contributed by atoms with van der Waals surface area (Å²) >= 11 is 6.13. The standard InChI is InChI=1S/C36H33ClF5N9O5/c1-3-25-29(48-10-12-49(13-11-48)32(54)28-30(53)18(2)43-17-44-28)33(55)51-35(50(25)16-27(52)45-24-8-6-21(15-23(24)37)36(40,41)42)46-31(47-51)20-4-7-22-19(14-20)5-9-26(22)56-34(38)39/h4,6-8,14-15,17,26,34,53H,3,5,9-13,16H2,1-2H3,(H,45,52). The van der Waals surface area contributed by atoms with Crippen LogP contribution in [0.15, 0.2) is 47.5 Å². The minimum absolute atomic E-state index is 0.0119. The van der Waals surface area contributed by atoms with E-state index in [2.05, 4.69) is 25.4 Å². The predicted molar refractivity (Wildman–Crippen MR) is 192 cm³/mol. The average molecular weight is 802 g/mol. The average Bonchev–Trinajstić information content (AvgIpc) is 3.78. The SMILES string of the molecule is CCc1c(N2CCN(C(=O)c3ncnc(C)c3O)CC2)c(=O)n2nc(-c3ccc4c(c3)CCC4OC(F)F)nc2n1CC(=O)Nc1ccc(C(F)(F)F)cc1Cl. The van der Waals surface area contributed by atoms with Crippen molar-refractivity contribution < 1.29 is 41.4 Å². The maximum Gasteiger partial charge on any atom is 0.416 e. The van der Waals surface area contributed by atoms with Gasteiger partial charge in [0.25, 0.3) is 11.5 Å². The molecule has 0 bridgehead atoms. The van der Waals surface area contributed by atoms with Gasteiger partial charge >= 0.3 is 12.8 Å². The van der Waals surface area contributed by atoms with E-state index < -0.39 is 48.4 Å². The van der Waals surface area contributed by atoms with Crippen LogP contribution in [0.3, 0.4) is 0 Å². The Hall–Kier alpha value is -5.69. The molecule has 1 unspecified atom stereocenters. The number of halogens is 6. The number of piperazine rings is 1. The molecule has 56 heavy (non-hydrogen) atoms. The van der Waals surface area contributed by atoms with Crippen molar-refractivity contribution in [3.05, 3.63) is 91.9 Å². The van der Waals surface area contributed by atoms with Crippen LogP contribution in [0.4, 0.5) is 33.3 Å². The van der Waals surface area contributed by atoms with Crippen molar-refractivity contribution in [2.45, 2.75) is 58.5 Å². The first-order valence-electron chi connectivity index (χ1n) is 17.4. The van der Waals surface area contributed by atoms with Crippen LogP contribution in [0.5, 0.6) is 5.75 Å². The van der Waals surface area contributed by atoms with Crippen molar-refractivity contribution in [2.24, 2.45) is 0 Å². The predicted octanol–water partition coefficient (Wildman–Crippen LogP) is 5.42. The zero-order chi connectivity index (χ0) is 40.1. The third kappa shape index (κ3) is 7.35. The monoisotopic (exact) mass is 801 g/mol. The molecular weight excluding hydrogens is 769 g/mol. The van der Waals surface area contributed by atoms with E-state index in [9.17, 15) is 41.4 Å². The van der Waals surface area contributed by atoms with Gasteiger partial charge in [-0.2, -0.15) is 31.5 Å². The maximum atomic E-state index is 14.4. The molecule has 4 heterocycles. The van der Waals surface area contributed by atoms with Crippen LogP contribution >= 0.6 is 11.6 Å². The van der Waals surface area contributed by atoms with E-state index in [-0.39, 0.29) is 77.7 Å². The van der Waals surface area contributed by atoms with Crippen molar-refractivity contribution in [1.29, 1.82) is 0 Å². The summed E-state index contributed by atoms with van der Waals surface area (Å²) < 4.78 is 73.1. The van der Waals surface area contributed by atoms with Crippen LogP contribution in [0, 0.1) is 6.92 Å². The largest absolute Gasteiger partial charge is 0.504 e. The molecule has 2 aromatic carbocycles. The third-order valence-electron chi connectivity index (χ3n) is 9.81. The second-order valence-corrected chi connectivity index (χ2v) is 13.6. The maximum absolute atomic E-state index is 14.4. The Morgan fingerprint density at radius 3 is 2.52 bits per heavy atom. The van der Waals surface area contributed by atoms with Gasteiger partial charge in [-0.1, -0.05) is 30.7 Å². The van der Waals surface area contributed by atoms with E-state index in [1.54, 1.807) is 36.9 Å². The molecule has 20 heteroatoms. The molecule has 2 N–H and O–H groups in total. The topological polar surface area (TPSA) is 160 Å². The van der Waals surface area contributed by atoms with Crippen LogP contribution in [0.25, 0.3) is 17.2 Å². The normalized spacial score (nSPS) is 15.8. The molecule has 0 radical (unpaired) electrons. The second kappa shape index (κ2) is 15.1. The summed E-state index contributed by atoms with van der Waals surface area (Å²) in [6, 6.07) is 7.54. The highest BCUT2D eigenvalue weighted by molar-refractivity contribution is 6.33. The van der Waals surface area contributed by atoms with Crippen LogP contribution < -0.4 is 15.8 Å². The van der Waals surface area contributed by atoms with Crippen molar-refractivity contribution >= 4 is 40.6 Å². The van der Waals surface area contributed by atoms with Gasteiger partial charge in [0, 0.05) is 31.7 Å². The van der Waals surface area contributed by atoms with E-state index in [1.165, 1.54) is 15.8 Å². The molecule has 1 fully saturated rings. The lowest BCUT2D eigenvalue weighted by atomic mass is 10.1. The Balaban J connectivity index is 1.25. The lowest BCUT2D eigenvalue weighted by Crippen LogP contribution is -2.51. The Morgan fingerprint density at radius 1 is 1.09 bits per heavy atom. The fourth-order valence-electron chi connectivity index (χ4n) is 7.07. The van der Waals surface area contributed by atoms with Crippen LogP contribution in [0.2, 0.25) is 5.02 Å².